The van der Waals surface area contributed by atoms with Gasteiger partial charge in [0.05, 0.1) is 26.4 Å². The molecule has 2 heterocycles. The molecule has 0 aromatic heterocycles. The summed E-state index contributed by atoms with van der Waals surface area (Å²) in [5.74, 6) is -2.82. The van der Waals surface area contributed by atoms with Crippen LogP contribution in [0.3, 0.4) is 0 Å². The van der Waals surface area contributed by atoms with Crippen molar-refractivity contribution < 1.29 is 29.5 Å². The SMILES string of the molecule is OC(O)(O)C1(COCC2CO2)CO1. The molecule has 0 saturated carbocycles. The fraction of sp³-hybridized carbons (Fsp3) is 1.00. The van der Waals surface area contributed by atoms with Gasteiger partial charge in [0.2, 0.25) is 0 Å². The Bertz CT molecular complexity index is 190. The van der Waals surface area contributed by atoms with Crippen LogP contribution in [0.1, 0.15) is 0 Å². The smallest absolute Gasteiger partial charge is 0.311 e. The van der Waals surface area contributed by atoms with Crippen molar-refractivity contribution >= 4 is 0 Å². The molecule has 2 aliphatic rings. The third kappa shape index (κ3) is 1.98. The summed E-state index contributed by atoms with van der Waals surface area (Å²) in [5, 5.41) is 26.6. The lowest BCUT2D eigenvalue weighted by Gasteiger charge is -2.21. The van der Waals surface area contributed by atoms with Gasteiger partial charge < -0.3 is 29.5 Å². The van der Waals surface area contributed by atoms with E-state index in [4.69, 9.17) is 29.5 Å². The van der Waals surface area contributed by atoms with E-state index in [1.54, 1.807) is 0 Å². The maximum absolute atomic E-state index is 8.86. The minimum Gasteiger partial charge on any atom is -0.375 e. The number of rotatable bonds is 5. The second kappa shape index (κ2) is 2.88. The van der Waals surface area contributed by atoms with Gasteiger partial charge in [-0.15, -0.1) is 0 Å². The Hall–Kier alpha value is -0.240. The third-order valence-electron chi connectivity index (χ3n) is 2.15. The first-order chi connectivity index (χ1) is 6.04. The maximum Gasteiger partial charge on any atom is 0.311 e. The molecule has 2 unspecified atom stereocenters. The van der Waals surface area contributed by atoms with Crippen molar-refractivity contribution in [2.45, 2.75) is 17.7 Å². The molecule has 2 saturated heterocycles. The summed E-state index contributed by atoms with van der Waals surface area (Å²) in [6.07, 6.45) is 0.112. The van der Waals surface area contributed by atoms with Crippen molar-refractivity contribution in [1.29, 1.82) is 0 Å². The zero-order valence-corrected chi connectivity index (χ0v) is 6.97. The molecule has 13 heavy (non-hydrogen) atoms. The van der Waals surface area contributed by atoms with Crippen LogP contribution in [-0.4, -0.2) is 59.4 Å². The van der Waals surface area contributed by atoms with Crippen molar-refractivity contribution in [3.63, 3.8) is 0 Å². The van der Waals surface area contributed by atoms with Gasteiger partial charge in [-0.25, -0.2) is 0 Å². The van der Waals surface area contributed by atoms with E-state index in [0.29, 0.717) is 13.2 Å². The van der Waals surface area contributed by atoms with Gasteiger partial charge in [0.15, 0.2) is 5.60 Å². The largest absolute Gasteiger partial charge is 0.375 e. The Morgan fingerprint density at radius 1 is 1.46 bits per heavy atom. The van der Waals surface area contributed by atoms with Crippen molar-refractivity contribution in [2.75, 3.05) is 26.4 Å². The number of aliphatic hydroxyl groups is 3. The highest BCUT2D eigenvalue weighted by molar-refractivity contribution is 4.98. The Morgan fingerprint density at radius 3 is 2.46 bits per heavy atom. The van der Waals surface area contributed by atoms with Crippen LogP contribution in [0.15, 0.2) is 0 Å². The van der Waals surface area contributed by atoms with Crippen molar-refractivity contribution in [3.05, 3.63) is 0 Å². The van der Waals surface area contributed by atoms with E-state index >= 15 is 0 Å². The highest BCUT2D eigenvalue weighted by atomic mass is 16.8. The van der Waals surface area contributed by atoms with Gasteiger partial charge in [-0.2, -0.15) is 0 Å². The van der Waals surface area contributed by atoms with Crippen LogP contribution >= 0.6 is 0 Å². The predicted octanol–water partition coefficient (Wildman–Crippen LogP) is -2.20. The number of hydrogen-bond donors (Lipinski definition) is 3. The summed E-state index contributed by atoms with van der Waals surface area (Å²) >= 11 is 0. The third-order valence-corrected chi connectivity index (χ3v) is 2.15. The lowest BCUT2D eigenvalue weighted by Crippen LogP contribution is -2.48. The normalized spacial score (nSPS) is 37.6. The topological polar surface area (TPSA) is 95.0 Å². The highest BCUT2D eigenvalue weighted by Gasteiger charge is 2.61. The molecule has 0 amide bonds. The van der Waals surface area contributed by atoms with E-state index in [0.717, 1.165) is 0 Å². The van der Waals surface area contributed by atoms with Crippen LogP contribution < -0.4 is 0 Å². The van der Waals surface area contributed by atoms with Crippen molar-refractivity contribution in [1.82, 2.24) is 0 Å². The van der Waals surface area contributed by atoms with E-state index in [9.17, 15) is 0 Å². The summed E-state index contributed by atoms with van der Waals surface area (Å²) in [6, 6.07) is 0. The maximum atomic E-state index is 8.86. The number of ether oxygens (including phenoxy) is 3. The van der Waals surface area contributed by atoms with E-state index < -0.39 is 11.6 Å². The molecule has 6 heteroatoms. The second-order valence-electron chi connectivity index (χ2n) is 3.39. The predicted molar refractivity (Wildman–Crippen MR) is 38.6 cm³/mol. The van der Waals surface area contributed by atoms with Crippen LogP contribution in [0.25, 0.3) is 0 Å². The van der Waals surface area contributed by atoms with Crippen LogP contribution in [0.2, 0.25) is 0 Å². The van der Waals surface area contributed by atoms with Crippen molar-refractivity contribution in [3.8, 4) is 0 Å². The summed E-state index contributed by atoms with van der Waals surface area (Å²) in [5.41, 5.74) is -1.36. The Kier molecular flexibility index (Phi) is 2.06. The van der Waals surface area contributed by atoms with Gasteiger partial charge in [0, 0.05) is 0 Å². The Balaban J connectivity index is 1.73. The Morgan fingerprint density at radius 2 is 2.08 bits per heavy atom. The van der Waals surface area contributed by atoms with Gasteiger partial charge in [-0.05, 0) is 0 Å². The fourth-order valence-corrected chi connectivity index (χ4v) is 0.980. The first-order valence-electron chi connectivity index (χ1n) is 4.04. The van der Waals surface area contributed by atoms with Crippen LogP contribution in [0, 0.1) is 0 Å². The standard InChI is InChI=1S/C7H12O6/c8-7(9,10)6(4-13-6)3-11-1-5-2-12-5/h5,8-10H,1-4H2. The molecule has 0 bridgehead atoms. The van der Waals surface area contributed by atoms with Gasteiger partial charge in [0.1, 0.15) is 6.10 Å². The number of hydrogen-bond acceptors (Lipinski definition) is 6. The minimum absolute atomic E-state index is 0.0453. The zero-order chi connectivity index (χ0) is 9.53. The van der Waals surface area contributed by atoms with E-state index in [2.05, 4.69) is 0 Å². The number of epoxide rings is 2. The van der Waals surface area contributed by atoms with Gasteiger partial charge in [-0.1, -0.05) is 0 Å². The van der Waals surface area contributed by atoms with Crippen LogP contribution in [-0.2, 0) is 14.2 Å². The Labute approximate surface area is 74.6 Å². The van der Waals surface area contributed by atoms with E-state index in [-0.39, 0.29) is 19.3 Å². The molecule has 0 aliphatic carbocycles. The van der Waals surface area contributed by atoms with Gasteiger partial charge >= 0.3 is 5.97 Å². The first kappa shape index (κ1) is 9.32. The van der Waals surface area contributed by atoms with Crippen LogP contribution in [0.5, 0.6) is 0 Å². The van der Waals surface area contributed by atoms with Gasteiger partial charge in [-0.3, -0.25) is 0 Å². The molecular weight excluding hydrogens is 180 g/mol. The van der Waals surface area contributed by atoms with E-state index in [1.807, 2.05) is 0 Å². The minimum atomic E-state index is -2.82. The molecule has 0 aromatic rings. The molecule has 6 nitrogen and oxygen atoms in total. The lowest BCUT2D eigenvalue weighted by atomic mass is 10.1. The zero-order valence-electron chi connectivity index (χ0n) is 6.97. The molecule has 2 atom stereocenters. The monoisotopic (exact) mass is 192 g/mol. The molecule has 0 aromatic carbocycles. The lowest BCUT2D eigenvalue weighted by molar-refractivity contribution is -0.350. The molecular formula is C7H12O6. The van der Waals surface area contributed by atoms with Gasteiger partial charge in [0.25, 0.3) is 0 Å². The van der Waals surface area contributed by atoms with Crippen LogP contribution in [0.4, 0.5) is 0 Å². The summed E-state index contributed by atoms with van der Waals surface area (Å²) < 4.78 is 14.7. The first-order valence-corrected chi connectivity index (χ1v) is 4.04. The molecule has 2 aliphatic heterocycles. The summed E-state index contributed by atoms with van der Waals surface area (Å²) in [4.78, 5) is 0. The van der Waals surface area contributed by atoms with E-state index in [1.165, 1.54) is 0 Å². The average molecular weight is 192 g/mol. The van der Waals surface area contributed by atoms with Crippen molar-refractivity contribution in [2.24, 2.45) is 0 Å². The molecule has 3 N–H and O–H groups in total. The molecule has 2 rings (SSSR count). The summed E-state index contributed by atoms with van der Waals surface area (Å²) in [7, 11) is 0. The average Bonchev–Trinajstić information content (AvgIpc) is 2.76. The summed E-state index contributed by atoms with van der Waals surface area (Å²) in [6.45, 7) is 1.11. The highest BCUT2D eigenvalue weighted by Crippen LogP contribution is 2.35. The molecule has 0 radical (unpaired) electrons. The molecule has 2 fully saturated rings. The molecule has 76 valence electrons. The quantitative estimate of drug-likeness (QED) is 0.338. The molecule has 0 spiro atoms. The second-order valence-corrected chi connectivity index (χ2v) is 3.39. The fourth-order valence-electron chi connectivity index (χ4n) is 0.980.